The van der Waals surface area contributed by atoms with E-state index in [9.17, 15) is 4.79 Å². The summed E-state index contributed by atoms with van der Waals surface area (Å²) in [6, 6.07) is 0. The van der Waals surface area contributed by atoms with E-state index in [0.29, 0.717) is 12.8 Å². The molecule has 0 unspecified atom stereocenters. The summed E-state index contributed by atoms with van der Waals surface area (Å²) in [6.45, 7) is 7.52. The van der Waals surface area contributed by atoms with Crippen LogP contribution in [0.2, 0.25) is 0 Å². The molecule has 2 aliphatic rings. The van der Waals surface area contributed by atoms with Crippen molar-refractivity contribution in [3.05, 3.63) is 25.3 Å². The van der Waals surface area contributed by atoms with Gasteiger partial charge in [0.2, 0.25) is 0 Å². The topological polar surface area (TPSA) is 26.3 Å². The van der Waals surface area contributed by atoms with Gasteiger partial charge in [-0.1, -0.05) is 12.2 Å². The average molecular weight is 220 g/mol. The number of hydrogen-bond acceptors (Lipinski definition) is 2. The fourth-order valence-electron chi connectivity index (χ4n) is 3.27. The fraction of sp³-hybridized carbons (Fsp3) is 0.643. The Balaban J connectivity index is 2.22. The molecule has 1 spiro atoms. The zero-order chi connectivity index (χ0) is 11.6. The van der Waals surface area contributed by atoms with Gasteiger partial charge in [-0.2, -0.15) is 0 Å². The highest BCUT2D eigenvalue weighted by atomic mass is 16.6. The minimum absolute atomic E-state index is 0.0331. The number of esters is 1. The van der Waals surface area contributed by atoms with E-state index in [1.807, 2.05) is 12.2 Å². The molecule has 1 aliphatic heterocycles. The van der Waals surface area contributed by atoms with Gasteiger partial charge in [0.05, 0.1) is 5.41 Å². The summed E-state index contributed by atoms with van der Waals surface area (Å²) in [5, 5.41) is 0. The molecule has 0 bridgehead atoms. The number of ether oxygens (including phenoxy) is 1. The van der Waals surface area contributed by atoms with Crippen molar-refractivity contribution in [3.8, 4) is 0 Å². The first-order chi connectivity index (χ1) is 7.66. The molecule has 0 aromatic rings. The minimum atomic E-state index is -0.367. The SMILES string of the molecule is C=CCC1(CC=C)CC2(CCCC2)OC1=O. The number of allylic oxidation sites excluding steroid dienone is 2. The molecule has 2 rings (SSSR count). The molecular formula is C14H20O2. The first-order valence-corrected chi connectivity index (χ1v) is 6.12. The van der Waals surface area contributed by atoms with Gasteiger partial charge in [-0.3, -0.25) is 4.79 Å². The Hall–Kier alpha value is -1.05. The van der Waals surface area contributed by atoms with Crippen molar-refractivity contribution in [1.29, 1.82) is 0 Å². The van der Waals surface area contributed by atoms with Crippen molar-refractivity contribution in [2.45, 2.75) is 50.5 Å². The van der Waals surface area contributed by atoms with Crippen LogP contribution < -0.4 is 0 Å². The normalized spacial score (nSPS) is 25.6. The van der Waals surface area contributed by atoms with Crippen LogP contribution >= 0.6 is 0 Å². The van der Waals surface area contributed by atoms with Crippen molar-refractivity contribution in [2.24, 2.45) is 5.41 Å². The first kappa shape index (κ1) is 11.4. The molecule has 16 heavy (non-hydrogen) atoms. The second-order valence-electron chi connectivity index (χ2n) is 5.22. The third-order valence-electron chi connectivity index (χ3n) is 3.99. The van der Waals surface area contributed by atoms with Crippen LogP contribution in [-0.4, -0.2) is 11.6 Å². The molecular weight excluding hydrogens is 200 g/mol. The Morgan fingerprint density at radius 3 is 2.25 bits per heavy atom. The predicted octanol–water partition coefficient (Wildman–Crippen LogP) is 3.38. The highest BCUT2D eigenvalue weighted by Crippen LogP contribution is 2.52. The Morgan fingerprint density at radius 1 is 1.19 bits per heavy atom. The number of rotatable bonds is 4. The first-order valence-electron chi connectivity index (χ1n) is 6.12. The van der Waals surface area contributed by atoms with Gasteiger partial charge >= 0.3 is 5.97 Å². The van der Waals surface area contributed by atoms with E-state index in [1.54, 1.807) is 0 Å². The van der Waals surface area contributed by atoms with Crippen molar-refractivity contribution in [2.75, 3.05) is 0 Å². The monoisotopic (exact) mass is 220 g/mol. The van der Waals surface area contributed by atoms with Crippen LogP contribution in [0, 0.1) is 5.41 Å². The highest BCUT2D eigenvalue weighted by molar-refractivity contribution is 5.80. The van der Waals surface area contributed by atoms with Gasteiger partial charge in [0.1, 0.15) is 5.60 Å². The number of hydrogen-bond donors (Lipinski definition) is 0. The molecule has 1 saturated carbocycles. The second kappa shape index (κ2) is 4.08. The van der Waals surface area contributed by atoms with E-state index in [-0.39, 0.29) is 17.0 Å². The summed E-state index contributed by atoms with van der Waals surface area (Å²) in [5.41, 5.74) is -0.517. The van der Waals surface area contributed by atoms with Crippen molar-refractivity contribution < 1.29 is 9.53 Å². The van der Waals surface area contributed by atoms with Crippen molar-refractivity contribution >= 4 is 5.97 Å². The van der Waals surface area contributed by atoms with Crippen molar-refractivity contribution in [1.82, 2.24) is 0 Å². The van der Waals surface area contributed by atoms with Crippen LogP contribution in [-0.2, 0) is 9.53 Å². The van der Waals surface area contributed by atoms with Gasteiger partial charge in [0.25, 0.3) is 0 Å². The fourth-order valence-corrected chi connectivity index (χ4v) is 3.27. The van der Waals surface area contributed by atoms with E-state index in [1.165, 1.54) is 12.8 Å². The Kier molecular flexibility index (Phi) is 2.92. The highest BCUT2D eigenvalue weighted by Gasteiger charge is 2.55. The summed E-state index contributed by atoms with van der Waals surface area (Å²) in [7, 11) is 0. The van der Waals surface area contributed by atoms with Gasteiger partial charge < -0.3 is 4.74 Å². The standard InChI is InChI=1S/C14H20O2/c1-3-7-13(8-4-2)11-14(16-12(13)15)9-5-6-10-14/h3-4H,1-2,5-11H2. The summed E-state index contributed by atoms with van der Waals surface area (Å²) in [4.78, 5) is 12.1. The van der Waals surface area contributed by atoms with E-state index in [2.05, 4.69) is 13.2 Å². The summed E-state index contributed by atoms with van der Waals surface area (Å²) >= 11 is 0. The van der Waals surface area contributed by atoms with Crippen LogP contribution in [0.3, 0.4) is 0 Å². The number of carbonyl (C=O) groups excluding carboxylic acids is 1. The van der Waals surface area contributed by atoms with E-state index < -0.39 is 0 Å². The summed E-state index contributed by atoms with van der Waals surface area (Å²) < 4.78 is 5.70. The zero-order valence-electron chi connectivity index (χ0n) is 9.84. The van der Waals surface area contributed by atoms with Crippen LogP contribution in [0.4, 0.5) is 0 Å². The molecule has 0 atom stereocenters. The molecule has 1 aliphatic carbocycles. The van der Waals surface area contributed by atoms with Gasteiger partial charge in [-0.05, 0) is 38.5 Å². The average Bonchev–Trinajstić information content (AvgIpc) is 2.76. The van der Waals surface area contributed by atoms with E-state index >= 15 is 0 Å². The molecule has 88 valence electrons. The maximum Gasteiger partial charge on any atom is 0.313 e. The molecule has 2 fully saturated rings. The maximum absolute atomic E-state index is 12.1. The second-order valence-corrected chi connectivity index (χ2v) is 5.22. The van der Waals surface area contributed by atoms with Gasteiger partial charge in [0.15, 0.2) is 0 Å². The minimum Gasteiger partial charge on any atom is -0.459 e. The lowest BCUT2D eigenvalue weighted by Crippen LogP contribution is -2.26. The predicted molar refractivity (Wildman–Crippen MR) is 64.0 cm³/mol. The molecule has 2 nitrogen and oxygen atoms in total. The van der Waals surface area contributed by atoms with Gasteiger partial charge in [-0.15, -0.1) is 13.2 Å². The molecule has 0 radical (unpaired) electrons. The van der Waals surface area contributed by atoms with Gasteiger partial charge in [-0.25, -0.2) is 0 Å². The third kappa shape index (κ3) is 1.70. The van der Waals surface area contributed by atoms with Crippen LogP contribution in [0.1, 0.15) is 44.9 Å². The molecule has 0 N–H and O–H groups in total. The number of carbonyl (C=O) groups is 1. The van der Waals surface area contributed by atoms with Gasteiger partial charge in [0, 0.05) is 6.42 Å². The maximum atomic E-state index is 12.1. The Bertz CT molecular complexity index is 301. The molecule has 2 heteroatoms. The summed E-state index contributed by atoms with van der Waals surface area (Å²) in [5.74, 6) is -0.0331. The summed E-state index contributed by atoms with van der Waals surface area (Å²) in [6.07, 6.45) is 10.4. The molecule has 1 saturated heterocycles. The lowest BCUT2D eigenvalue weighted by molar-refractivity contribution is -0.153. The zero-order valence-corrected chi connectivity index (χ0v) is 9.84. The molecule has 0 aromatic carbocycles. The molecule has 0 aromatic heterocycles. The molecule has 0 amide bonds. The Morgan fingerprint density at radius 2 is 1.75 bits per heavy atom. The van der Waals surface area contributed by atoms with Crippen molar-refractivity contribution in [3.63, 3.8) is 0 Å². The lowest BCUT2D eigenvalue weighted by Gasteiger charge is -2.24. The smallest absolute Gasteiger partial charge is 0.313 e. The van der Waals surface area contributed by atoms with Crippen LogP contribution in [0.5, 0.6) is 0 Å². The molecule has 1 heterocycles. The third-order valence-corrected chi connectivity index (χ3v) is 3.99. The Labute approximate surface area is 97.4 Å². The lowest BCUT2D eigenvalue weighted by atomic mass is 9.75. The van der Waals surface area contributed by atoms with E-state index in [0.717, 1.165) is 19.3 Å². The van der Waals surface area contributed by atoms with Crippen LogP contribution in [0.15, 0.2) is 25.3 Å². The van der Waals surface area contributed by atoms with E-state index in [4.69, 9.17) is 4.74 Å². The van der Waals surface area contributed by atoms with Crippen LogP contribution in [0.25, 0.3) is 0 Å². The quantitative estimate of drug-likeness (QED) is 0.536. The largest absolute Gasteiger partial charge is 0.459 e.